The fourth-order valence-corrected chi connectivity index (χ4v) is 4.88. The summed E-state index contributed by atoms with van der Waals surface area (Å²) in [6.45, 7) is 0.896. The quantitative estimate of drug-likeness (QED) is 0.627. The van der Waals surface area contributed by atoms with Crippen LogP contribution in [-0.4, -0.2) is 38.3 Å². The minimum absolute atomic E-state index is 0.112. The second-order valence-corrected chi connectivity index (χ2v) is 8.24. The standard InChI is InChI=1S/C21H17N7O2S/c1-2-14-17-18(31-20(14)22-5-1)19(27-10-26-17)28-21-24-8-13(9-25-21)23-7-12-3-4-15-16(6-12)30-11-29-15/h1-6,8-10,14,20,23H,7,11H2,(H,24,25,26,27,28). The van der Waals surface area contributed by atoms with Gasteiger partial charge >= 0.3 is 0 Å². The highest BCUT2D eigenvalue weighted by molar-refractivity contribution is 8.00. The highest BCUT2D eigenvalue weighted by Crippen LogP contribution is 2.49. The first-order chi connectivity index (χ1) is 15.3. The maximum absolute atomic E-state index is 5.42. The lowest BCUT2D eigenvalue weighted by Gasteiger charge is -2.12. The number of benzene rings is 1. The van der Waals surface area contributed by atoms with Crippen LogP contribution in [0.4, 0.5) is 17.5 Å². The maximum Gasteiger partial charge on any atom is 0.231 e. The van der Waals surface area contributed by atoms with E-state index in [1.165, 1.54) is 0 Å². The molecule has 0 fully saturated rings. The Hall–Kier alpha value is -3.66. The molecule has 2 aromatic heterocycles. The van der Waals surface area contributed by atoms with Crippen LogP contribution in [0.2, 0.25) is 0 Å². The molecule has 3 aliphatic heterocycles. The first-order valence-electron chi connectivity index (χ1n) is 9.76. The fraction of sp³-hybridized carbons (Fsp3) is 0.190. The molecule has 0 amide bonds. The van der Waals surface area contributed by atoms with Crippen LogP contribution >= 0.6 is 11.8 Å². The number of hydrogen-bond acceptors (Lipinski definition) is 10. The Kier molecular flexibility index (Phi) is 4.42. The Bertz CT molecular complexity index is 1200. The number of rotatable bonds is 5. The monoisotopic (exact) mass is 431 g/mol. The molecule has 0 radical (unpaired) electrons. The van der Waals surface area contributed by atoms with Crippen molar-refractivity contribution < 1.29 is 9.47 Å². The number of fused-ring (bicyclic) bond motifs is 4. The second-order valence-electron chi connectivity index (χ2n) is 7.12. The van der Waals surface area contributed by atoms with Gasteiger partial charge in [0.05, 0.1) is 34.6 Å². The van der Waals surface area contributed by atoms with Gasteiger partial charge in [0.2, 0.25) is 12.7 Å². The summed E-state index contributed by atoms with van der Waals surface area (Å²) in [6.07, 6.45) is 11.0. The van der Waals surface area contributed by atoms with E-state index in [-0.39, 0.29) is 18.1 Å². The zero-order valence-corrected chi connectivity index (χ0v) is 17.0. The summed E-state index contributed by atoms with van der Waals surface area (Å²) >= 11 is 1.66. The van der Waals surface area contributed by atoms with Crippen molar-refractivity contribution in [1.82, 2.24) is 19.9 Å². The van der Waals surface area contributed by atoms with Crippen LogP contribution in [-0.2, 0) is 6.54 Å². The number of hydrogen-bond donors (Lipinski definition) is 2. The van der Waals surface area contributed by atoms with E-state index in [0.717, 1.165) is 33.3 Å². The highest BCUT2D eigenvalue weighted by atomic mass is 32.2. The van der Waals surface area contributed by atoms with Crippen LogP contribution in [0, 0.1) is 0 Å². The van der Waals surface area contributed by atoms with Gasteiger partial charge in [0.25, 0.3) is 0 Å². The van der Waals surface area contributed by atoms with Crippen molar-refractivity contribution in [3.63, 3.8) is 0 Å². The van der Waals surface area contributed by atoms with Crippen LogP contribution in [0.1, 0.15) is 17.2 Å². The van der Waals surface area contributed by atoms with E-state index in [0.29, 0.717) is 18.3 Å². The van der Waals surface area contributed by atoms with E-state index in [4.69, 9.17) is 9.47 Å². The Balaban J connectivity index is 1.14. The molecule has 1 aromatic carbocycles. The molecule has 2 N–H and O–H groups in total. The van der Waals surface area contributed by atoms with Crippen molar-refractivity contribution in [2.75, 3.05) is 17.4 Å². The zero-order valence-electron chi connectivity index (χ0n) is 16.2. The van der Waals surface area contributed by atoms with Gasteiger partial charge in [-0.1, -0.05) is 23.9 Å². The average molecular weight is 431 g/mol. The number of aliphatic imine (C=N–C) groups is 1. The summed E-state index contributed by atoms with van der Waals surface area (Å²) in [5.74, 6) is 2.90. The van der Waals surface area contributed by atoms with Gasteiger partial charge in [0.1, 0.15) is 17.5 Å². The molecule has 31 heavy (non-hydrogen) atoms. The Morgan fingerprint density at radius 2 is 1.97 bits per heavy atom. The summed E-state index contributed by atoms with van der Waals surface area (Å²) in [4.78, 5) is 23.2. The predicted octanol–water partition coefficient (Wildman–Crippen LogP) is 3.51. The van der Waals surface area contributed by atoms with Gasteiger partial charge in [0.15, 0.2) is 11.5 Å². The maximum atomic E-state index is 5.42. The van der Waals surface area contributed by atoms with Crippen LogP contribution in [0.25, 0.3) is 0 Å². The van der Waals surface area contributed by atoms with Gasteiger partial charge in [-0.2, -0.15) is 0 Å². The number of thioether (sulfide) groups is 1. The normalized spacial score (nSPS) is 19.7. The molecule has 2 atom stereocenters. The smallest absolute Gasteiger partial charge is 0.231 e. The Labute approximate surface area is 182 Å². The summed E-state index contributed by atoms with van der Waals surface area (Å²) in [6, 6.07) is 5.88. The average Bonchev–Trinajstić information content (AvgIpc) is 3.43. The number of aromatic nitrogens is 4. The van der Waals surface area contributed by atoms with Gasteiger partial charge in [-0.25, -0.2) is 19.9 Å². The van der Waals surface area contributed by atoms with Gasteiger partial charge in [-0.15, -0.1) is 0 Å². The molecule has 6 rings (SSSR count). The Morgan fingerprint density at radius 1 is 1.06 bits per heavy atom. The van der Waals surface area contributed by atoms with Gasteiger partial charge in [-0.05, 0) is 23.8 Å². The van der Waals surface area contributed by atoms with Gasteiger partial charge in [-0.3, -0.25) is 4.99 Å². The number of nitrogens with one attached hydrogen (secondary N) is 2. The zero-order chi connectivity index (χ0) is 20.6. The number of nitrogens with zero attached hydrogens (tertiary/aromatic N) is 5. The number of ether oxygens (including phenoxy) is 2. The molecule has 0 saturated heterocycles. The molecule has 10 heteroatoms. The third-order valence-corrected chi connectivity index (χ3v) is 6.44. The van der Waals surface area contributed by atoms with Gasteiger partial charge < -0.3 is 20.1 Å². The molecular weight excluding hydrogens is 414 g/mol. The highest BCUT2D eigenvalue weighted by Gasteiger charge is 2.36. The minimum atomic E-state index is 0.112. The van der Waals surface area contributed by atoms with E-state index in [9.17, 15) is 0 Å². The van der Waals surface area contributed by atoms with Crippen LogP contribution < -0.4 is 20.1 Å². The molecule has 0 saturated carbocycles. The third-order valence-electron chi connectivity index (χ3n) is 5.15. The van der Waals surface area contributed by atoms with Crippen molar-refractivity contribution in [1.29, 1.82) is 0 Å². The molecule has 3 aromatic rings. The summed E-state index contributed by atoms with van der Waals surface area (Å²) in [5, 5.41) is 6.64. The molecule has 5 heterocycles. The molecule has 154 valence electrons. The van der Waals surface area contributed by atoms with Crippen LogP contribution in [0.15, 0.2) is 59.0 Å². The third kappa shape index (κ3) is 3.44. The lowest BCUT2D eigenvalue weighted by molar-refractivity contribution is 0.174. The molecular formula is C21H17N7O2S. The summed E-state index contributed by atoms with van der Waals surface area (Å²) in [5.41, 5.74) is 2.89. The first-order valence-corrected chi connectivity index (χ1v) is 10.6. The molecule has 0 spiro atoms. The number of allylic oxidation sites excluding steroid dienone is 1. The second kappa shape index (κ2) is 7.55. The molecule has 3 aliphatic rings. The molecule has 9 nitrogen and oxygen atoms in total. The SMILES string of the molecule is C1=CC2c3ncnc(Nc4ncc(NCc5ccc6c(c5)OCO6)cn4)c3SC2N=C1. The van der Waals surface area contributed by atoms with E-state index in [2.05, 4.69) is 41.6 Å². The lowest BCUT2D eigenvalue weighted by atomic mass is 10.0. The predicted molar refractivity (Wildman–Crippen MR) is 117 cm³/mol. The van der Waals surface area contributed by atoms with Crippen molar-refractivity contribution in [2.24, 2.45) is 4.99 Å². The minimum Gasteiger partial charge on any atom is -0.454 e. The lowest BCUT2D eigenvalue weighted by Crippen LogP contribution is -2.09. The van der Waals surface area contributed by atoms with E-state index in [1.54, 1.807) is 30.5 Å². The first kappa shape index (κ1) is 18.1. The summed E-state index contributed by atoms with van der Waals surface area (Å²) < 4.78 is 10.8. The van der Waals surface area contributed by atoms with Crippen molar-refractivity contribution in [2.45, 2.75) is 22.7 Å². The fourth-order valence-electron chi connectivity index (χ4n) is 3.62. The van der Waals surface area contributed by atoms with Crippen molar-refractivity contribution in [3.05, 3.63) is 60.3 Å². The van der Waals surface area contributed by atoms with Crippen molar-refractivity contribution in [3.8, 4) is 11.5 Å². The van der Waals surface area contributed by atoms with Crippen LogP contribution in [0.5, 0.6) is 11.5 Å². The van der Waals surface area contributed by atoms with E-state index < -0.39 is 0 Å². The molecule has 2 unspecified atom stereocenters. The topological polar surface area (TPSA) is 106 Å². The largest absolute Gasteiger partial charge is 0.454 e. The number of anilines is 3. The molecule has 0 aliphatic carbocycles. The Morgan fingerprint density at radius 3 is 2.90 bits per heavy atom. The molecule has 0 bridgehead atoms. The van der Waals surface area contributed by atoms with E-state index in [1.807, 2.05) is 30.5 Å². The number of dihydropyridines is 1. The van der Waals surface area contributed by atoms with Gasteiger partial charge in [0, 0.05) is 12.8 Å². The van der Waals surface area contributed by atoms with Crippen LogP contribution in [0.3, 0.4) is 0 Å². The van der Waals surface area contributed by atoms with Crippen molar-refractivity contribution >= 4 is 35.4 Å². The summed E-state index contributed by atoms with van der Waals surface area (Å²) in [7, 11) is 0. The van der Waals surface area contributed by atoms with E-state index >= 15 is 0 Å².